The van der Waals surface area contributed by atoms with Crippen LogP contribution in [-0.2, 0) is 4.79 Å². The number of benzene rings is 1. The third-order valence-corrected chi connectivity index (χ3v) is 2.70. The molecule has 4 nitrogen and oxygen atoms in total. The first-order valence-corrected chi connectivity index (χ1v) is 6.80. The Morgan fingerprint density at radius 1 is 1.45 bits per heavy atom. The third-order valence-electron chi connectivity index (χ3n) is 2.70. The van der Waals surface area contributed by atoms with Crippen LogP contribution in [0.4, 0.5) is 0 Å². The van der Waals surface area contributed by atoms with E-state index in [4.69, 9.17) is 9.84 Å². The summed E-state index contributed by atoms with van der Waals surface area (Å²) in [6, 6.07) is 7.41. The molecule has 0 fully saturated rings. The molecular formula is C16H23NO3. The van der Waals surface area contributed by atoms with Crippen LogP contribution >= 0.6 is 0 Å². The molecule has 0 heterocycles. The lowest BCUT2D eigenvalue weighted by molar-refractivity contribution is -0.131. The second kappa shape index (κ2) is 8.38. The van der Waals surface area contributed by atoms with Crippen molar-refractivity contribution in [2.45, 2.75) is 13.8 Å². The van der Waals surface area contributed by atoms with Gasteiger partial charge in [-0.2, -0.15) is 0 Å². The highest BCUT2D eigenvalue weighted by atomic mass is 16.5. The number of likely N-dealkylation sites (N-methyl/N-ethyl adjacent to an activating group) is 1. The van der Waals surface area contributed by atoms with Gasteiger partial charge in [-0.25, -0.2) is 4.79 Å². The Labute approximate surface area is 120 Å². The van der Waals surface area contributed by atoms with Crippen molar-refractivity contribution in [3.05, 3.63) is 35.9 Å². The summed E-state index contributed by atoms with van der Waals surface area (Å²) in [7, 11) is 2.08. The summed E-state index contributed by atoms with van der Waals surface area (Å²) < 4.78 is 5.68. The molecule has 20 heavy (non-hydrogen) atoms. The van der Waals surface area contributed by atoms with Gasteiger partial charge in [-0.05, 0) is 36.7 Å². The molecule has 0 radical (unpaired) electrons. The first-order valence-electron chi connectivity index (χ1n) is 6.80. The van der Waals surface area contributed by atoms with Gasteiger partial charge in [0.1, 0.15) is 12.4 Å². The van der Waals surface area contributed by atoms with E-state index in [2.05, 4.69) is 25.8 Å². The molecule has 110 valence electrons. The van der Waals surface area contributed by atoms with E-state index in [1.165, 1.54) is 0 Å². The van der Waals surface area contributed by atoms with Gasteiger partial charge in [0.15, 0.2) is 0 Å². The van der Waals surface area contributed by atoms with Crippen LogP contribution in [0.5, 0.6) is 5.75 Å². The summed E-state index contributed by atoms with van der Waals surface area (Å²) in [5.41, 5.74) is 0.820. The van der Waals surface area contributed by atoms with Gasteiger partial charge < -0.3 is 14.7 Å². The van der Waals surface area contributed by atoms with Crippen LogP contribution in [0.15, 0.2) is 30.3 Å². The highest BCUT2D eigenvalue weighted by molar-refractivity contribution is 5.85. The molecule has 0 aromatic heterocycles. The van der Waals surface area contributed by atoms with Crippen LogP contribution in [0.3, 0.4) is 0 Å². The van der Waals surface area contributed by atoms with E-state index in [0.29, 0.717) is 12.5 Å². The SMILES string of the molecule is CC(C)CN(C)CCOc1cccc(C=CC(=O)O)c1. The number of carbonyl (C=O) groups is 1. The number of hydrogen-bond acceptors (Lipinski definition) is 3. The summed E-state index contributed by atoms with van der Waals surface area (Å²) in [6.45, 7) is 6.92. The summed E-state index contributed by atoms with van der Waals surface area (Å²) in [5, 5.41) is 8.59. The Morgan fingerprint density at radius 3 is 2.85 bits per heavy atom. The molecule has 0 amide bonds. The predicted molar refractivity (Wildman–Crippen MR) is 80.9 cm³/mol. The number of aliphatic carboxylic acids is 1. The minimum atomic E-state index is -0.952. The lowest BCUT2D eigenvalue weighted by Crippen LogP contribution is -2.27. The zero-order valence-corrected chi connectivity index (χ0v) is 12.4. The third kappa shape index (κ3) is 6.95. The first-order chi connectivity index (χ1) is 9.47. The minimum Gasteiger partial charge on any atom is -0.492 e. The van der Waals surface area contributed by atoms with Crippen molar-refractivity contribution in [2.75, 3.05) is 26.7 Å². The minimum absolute atomic E-state index is 0.620. The van der Waals surface area contributed by atoms with Crippen LogP contribution < -0.4 is 4.74 Å². The van der Waals surface area contributed by atoms with Crippen LogP contribution in [0.2, 0.25) is 0 Å². The smallest absolute Gasteiger partial charge is 0.328 e. The number of ether oxygens (including phenoxy) is 1. The highest BCUT2D eigenvalue weighted by Crippen LogP contribution is 2.14. The molecule has 0 saturated heterocycles. The fourth-order valence-electron chi connectivity index (χ4n) is 1.91. The lowest BCUT2D eigenvalue weighted by Gasteiger charge is -2.19. The summed E-state index contributed by atoms with van der Waals surface area (Å²) in [4.78, 5) is 12.7. The van der Waals surface area contributed by atoms with Crippen molar-refractivity contribution in [2.24, 2.45) is 5.92 Å². The maximum Gasteiger partial charge on any atom is 0.328 e. The van der Waals surface area contributed by atoms with Gasteiger partial charge in [0.2, 0.25) is 0 Å². The molecule has 0 aliphatic heterocycles. The van der Waals surface area contributed by atoms with Crippen molar-refractivity contribution in [1.29, 1.82) is 0 Å². The van der Waals surface area contributed by atoms with Gasteiger partial charge in [-0.3, -0.25) is 0 Å². The van der Waals surface area contributed by atoms with Crippen molar-refractivity contribution >= 4 is 12.0 Å². The Morgan fingerprint density at radius 2 is 2.20 bits per heavy atom. The van der Waals surface area contributed by atoms with Gasteiger partial charge in [0, 0.05) is 19.2 Å². The lowest BCUT2D eigenvalue weighted by atomic mass is 10.2. The standard InChI is InChI=1S/C16H23NO3/c1-13(2)12-17(3)9-10-20-15-6-4-5-14(11-15)7-8-16(18)19/h4-8,11,13H,9-10,12H2,1-3H3,(H,18,19). The monoisotopic (exact) mass is 277 g/mol. The Kier molecular flexibility index (Phi) is 6.81. The van der Waals surface area contributed by atoms with Gasteiger partial charge in [0.25, 0.3) is 0 Å². The zero-order valence-electron chi connectivity index (χ0n) is 12.4. The molecular weight excluding hydrogens is 254 g/mol. The average Bonchev–Trinajstić information content (AvgIpc) is 2.36. The maximum atomic E-state index is 10.5. The summed E-state index contributed by atoms with van der Waals surface area (Å²) in [6.07, 6.45) is 2.68. The largest absolute Gasteiger partial charge is 0.492 e. The number of rotatable bonds is 8. The number of carboxylic acid groups (broad SMARTS) is 1. The Balaban J connectivity index is 2.44. The van der Waals surface area contributed by atoms with E-state index >= 15 is 0 Å². The molecule has 0 spiro atoms. The van der Waals surface area contributed by atoms with E-state index in [1.807, 2.05) is 24.3 Å². The van der Waals surface area contributed by atoms with Gasteiger partial charge in [-0.15, -0.1) is 0 Å². The second-order valence-corrected chi connectivity index (χ2v) is 5.25. The number of nitrogens with zero attached hydrogens (tertiary/aromatic N) is 1. The average molecular weight is 277 g/mol. The molecule has 1 N–H and O–H groups in total. The van der Waals surface area contributed by atoms with Crippen molar-refractivity contribution in [1.82, 2.24) is 4.90 Å². The zero-order chi connectivity index (χ0) is 15.0. The number of hydrogen-bond donors (Lipinski definition) is 1. The topological polar surface area (TPSA) is 49.8 Å². The van der Waals surface area contributed by atoms with Gasteiger partial charge in [-0.1, -0.05) is 26.0 Å². The van der Waals surface area contributed by atoms with E-state index in [0.717, 1.165) is 30.5 Å². The highest BCUT2D eigenvalue weighted by Gasteiger charge is 2.02. The quantitative estimate of drug-likeness (QED) is 0.742. The molecule has 0 aliphatic carbocycles. The Bertz CT molecular complexity index is 455. The molecule has 0 atom stereocenters. The molecule has 4 heteroatoms. The van der Waals surface area contributed by atoms with E-state index in [-0.39, 0.29) is 0 Å². The molecule has 0 unspecified atom stereocenters. The van der Waals surface area contributed by atoms with Crippen LogP contribution in [0.1, 0.15) is 19.4 Å². The number of carboxylic acids is 1. The van der Waals surface area contributed by atoms with Crippen LogP contribution in [0.25, 0.3) is 6.08 Å². The first kappa shape index (κ1) is 16.2. The van der Waals surface area contributed by atoms with Gasteiger partial charge >= 0.3 is 5.97 Å². The second-order valence-electron chi connectivity index (χ2n) is 5.25. The summed E-state index contributed by atoms with van der Waals surface area (Å²) >= 11 is 0. The van der Waals surface area contributed by atoms with E-state index in [9.17, 15) is 4.79 Å². The molecule has 0 bridgehead atoms. The molecule has 1 rings (SSSR count). The maximum absolute atomic E-state index is 10.5. The molecule has 0 aliphatic rings. The van der Waals surface area contributed by atoms with E-state index < -0.39 is 5.97 Å². The van der Waals surface area contributed by atoms with Crippen molar-refractivity contribution in [3.63, 3.8) is 0 Å². The molecule has 1 aromatic carbocycles. The Hall–Kier alpha value is -1.81. The molecule has 0 saturated carbocycles. The van der Waals surface area contributed by atoms with Crippen molar-refractivity contribution < 1.29 is 14.6 Å². The summed E-state index contributed by atoms with van der Waals surface area (Å²) in [5.74, 6) is 0.451. The van der Waals surface area contributed by atoms with Gasteiger partial charge in [0.05, 0.1) is 0 Å². The fraction of sp³-hybridized carbons (Fsp3) is 0.438. The van der Waals surface area contributed by atoms with Crippen molar-refractivity contribution in [3.8, 4) is 5.75 Å². The van der Waals surface area contributed by atoms with Crippen LogP contribution in [-0.4, -0.2) is 42.7 Å². The normalized spacial score (nSPS) is 11.4. The molecule has 1 aromatic rings. The van der Waals surface area contributed by atoms with E-state index in [1.54, 1.807) is 6.08 Å². The predicted octanol–water partition coefficient (Wildman–Crippen LogP) is 2.75. The van der Waals surface area contributed by atoms with Crippen LogP contribution in [0, 0.1) is 5.92 Å². The fourth-order valence-corrected chi connectivity index (χ4v) is 1.91.